The number of anilines is 1. The molecule has 1 aliphatic rings. The number of thiophene rings is 1. The smallest absolute Gasteiger partial charge is 0.257 e. The van der Waals surface area contributed by atoms with Crippen LogP contribution < -0.4 is 10.6 Å². The molecule has 3 rings (SSSR count). The Bertz CT molecular complexity index is 802. The van der Waals surface area contributed by atoms with E-state index in [1.54, 1.807) is 38.1 Å². The molecule has 25 heavy (non-hydrogen) atoms. The van der Waals surface area contributed by atoms with Crippen molar-refractivity contribution in [2.75, 3.05) is 5.32 Å². The predicted octanol–water partition coefficient (Wildman–Crippen LogP) is 2.24. The van der Waals surface area contributed by atoms with Crippen molar-refractivity contribution in [3.63, 3.8) is 0 Å². The Morgan fingerprint density at radius 2 is 2.00 bits per heavy atom. The molecule has 2 heterocycles. The van der Waals surface area contributed by atoms with Crippen LogP contribution in [0, 0.1) is 0 Å². The van der Waals surface area contributed by atoms with E-state index >= 15 is 0 Å². The zero-order chi connectivity index (χ0) is 18.0. The minimum absolute atomic E-state index is 0.304. The zero-order valence-electron chi connectivity index (χ0n) is 14.0. The molecule has 0 bridgehead atoms. The van der Waals surface area contributed by atoms with Gasteiger partial charge in [-0.25, -0.2) is 0 Å². The maximum absolute atomic E-state index is 12.9. The topological polar surface area (TPSA) is 78.5 Å². The number of carbonyl (C=O) groups excluding carboxylic acids is 3. The Hall–Kier alpha value is -2.67. The normalized spacial score (nSPS) is 17.1. The van der Waals surface area contributed by atoms with Crippen LogP contribution in [-0.2, 0) is 16.1 Å². The number of hydrogen-bond acceptors (Lipinski definition) is 4. The van der Waals surface area contributed by atoms with Gasteiger partial charge in [0.25, 0.3) is 17.7 Å². The van der Waals surface area contributed by atoms with Crippen molar-refractivity contribution in [3.05, 3.63) is 52.2 Å². The first-order valence-corrected chi connectivity index (χ1v) is 8.89. The van der Waals surface area contributed by atoms with Gasteiger partial charge in [0.2, 0.25) is 0 Å². The van der Waals surface area contributed by atoms with E-state index in [1.807, 2.05) is 17.5 Å². The van der Waals surface area contributed by atoms with Crippen LogP contribution >= 0.6 is 11.3 Å². The fraction of sp³-hybridized carbons (Fsp3) is 0.278. The Morgan fingerprint density at radius 1 is 1.24 bits per heavy atom. The van der Waals surface area contributed by atoms with Crippen LogP contribution in [0.5, 0.6) is 0 Å². The lowest BCUT2D eigenvalue weighted by molar-refractivity contribution is -0.134. The van der Waals surface area contributed by atoms with Crippen LogP contribution in [0.3, 0.4) is 0 Å². The first-order valence-electron chi connectivity index (χ1n) is 8.01. The van der Waals surface area contributed by atoms with Gasteiger partial charge in [-0.15, -0.1) is 11.3 Å². The predicted molar refractivity (Wildman–Crippen MR) is 96.3 cm³/mol. The molecule has 130 valence electrons. The minimum atomic E-state index is -1.21. The average molecular weight is 357 g/mol. The fourth-order valence-corrected chi connectivity index (χ4v) is 3.47. The molecule has 0 aliphatic carbocycles. The monoisotopic (exact) mass is 357 g/mol. The number of benzene rings is 1. The molecule has 2 N–H and O–H groups in total. The summed E-state index contributed by atoms with van der Waals surface area (Å²) in [5, 5.41) is 7.38. The lowest BCUT2D eigenvalue weighted by Crippen LogP contribution is -2.56. The van der Waals surface area contributed by atoms with Crippen molar-refractivity contribution in [2.24, 2.45) is 0 Å². The number of fused-ring (bicyclic) bond motifs is 1. The van der Waals surface area contributed by atoms with E-state index in [2.05, 4.69) is 10.6 Å². The number of carbonyl (C=O) groups is 3. The molecule has 0 fully saturated rings. The third kappa shape index (κ3) is 3.41. The highest BCUT2D eigenvalue weighted by Gasteiger charge is 2.41. The van der Waals surface area contributed by atoms with Crippen molar-refractivity contribution >= 4 is 34.7 Å². The summed E-state index contributed by atoms with van der Waals surface area (Å²) in [6.45, 7) is 3.91. The molecular weight excluding hydrogens is 338 g/mol. The zero-order valence-corrected chi connectivity index (χ0v) is 14.8. The van der Waals surface area contributed by atoms with Crippen molar-refractivity contribution in [3.8, 4) is 0 Å². The van der Waals surface area contributed by atoms with Gasteiger partial charge in [0.1, 0.15) is 0 Å². The van der Waals surface area contributed by atoms with Crippen molar-refractivity contribution in [1.82, 2.24) is 10.2 Å². The van der Waals surface area contributed by atoms with Crippen LogP contribution in [0.25, 0.3) is 0 Å². The molecule has 0 saturated carbocycles. The Labute approximate surface area is 149 Å². The maximum atomic E-state index is 12.9. The van der Waals surface area contributed by atoms with E-state index in [1.165, 1.54) is 16.2 Å². The molecule has 6 nitrogen and oxygen atoms in total. The van der Waals surface area contributed by atoms with E-state index in [0.717, 1.165) is 4.88 Å². The number of rotatable bonds is 4. The fourth-order valence-electron chi connectivity index (χ4n) is 2.82. The molecule has 1 unspecified atom stereocenters. The minimum Gasteiger partial charge on any atom is -0.349 e. The highest BCUT2D eigenvalue weighted by Crippen LogP contribution is 2.24. The van der Waals surface area contributed by atoms with Gasteiger partial charge >= 0.3 is 0 Å². The van der Waals surface area contributed by atoms with Crippen LogP contribution in [0.1, 0.15) is 29.1 Å². The van der Waals surface area contributed by atoms with Gasteiger partial charge in [-0.2, -0.15) is 0 Å². The number of nitrogens with one attached hydrogen (secondary N) is 2. The Balaban J connectivity index is 1.90. The van der Waals surface area contributed by atoms with Crippen molar-refractivity contribution in [2.45, 2.75) is 32.5 Å². The number of hydrogen-bond donors (Lipinski definition) is 2. The molecule has 1 aromatic heterocycles. The summed E-state index contributed by atoms with van der Waals surface area (Å²) >= 11 is 1.52. The lowest BCUT2D eigenvalue weighted by Gasteiger charge is -2.31. The van der Waals surface area contributed by atoms with Gasteiger partial charge in [-0.1, -0.05) is 18.2 Å². The number of nitrogens with zero attached hydrogens (tertiary/aromatic N) is 1. The van der Waals surface area contributed by atoms with Gasteiger partial charge in [0, 0.05) is 10.9 Å². The van der Waals surface area contributed by atoms with E-state index in [-0.39, 0.29) is 11.9 Å². The summed E-state index contributed by atoms with van der Waals surface area (Å²) in [7, 11) is 0. The summed E-state index contributed by atoms with van der Waals surface area (Å²) in [5.74, 6) is -1.32. The molecule has 1 aromatic carbocycles. The van der Waals surface area contributed by atoms with Crippen LogP contribution in [0.4, 0.5) is 5.69 Å². The first-order chi connectivity index (χ1) is 12.0. The number of amides is 3. The molecule has 3 amide bonds. The molecule has 0 saturated heterocycles. The SMILES string of the molecule is CC(C)N1C(=O)c2ccccc2NC(=O)C1C(=O)NCc1cccs1. The van der Waals surface area contributed by atoms with E-state index in [0.29, 0.717) is 17.8 Å². The second-order valence-corrected chi connectivity index (χ2v) is 7.07. The summed E-state index contributed by atoms with van der Waals surface area (Å²) in [5.41, 5.74) is 0.815. The van der Waals surface area contributed by atoms with Gasteiger partial charge in [0.15, 0.2) is 6.04 Å². The molecule has 0 radical (unpaired) electrons. The van der Waals surface area contributed by atoms with Crippen LogP contribution in [0.15, 0.2) is 41.8 Å². The third-order valence-corrected chi connectivity index (χ3v) is 4.87. The van der Waals surface area contributed by atoms with Gasteiger partial charge in [-0.05, 0) is 37.4 Å². The van der Waals surface area contributed by atoms with E-state index < -0.39 is 17.9 Å². The average Bonchev–Trinajstić information content (AvgIpc) is 3.06. The molecule has 1 aliphatic heterocycles. The lowest BCUT2D eigenvalue weighted by atomic mass is 10.1. The van der Waals surface area contributed by atoms with Gasteiger partial charge < -0.3 is 15.5 Å². The summed E-state index contributed by atoms with van der Waals surface area (Å²) in [6, 6.07) is 9.07. The van der Waals surface area contributed by atoms with Crippen LogP contribution in [0.2, 0.25) is 0 Å². The van der Waals surface area contributed by atoms with E-state index in [9.17, 15) is 14.4 Å². The largest absolute Gasteiger partial charge is 0.349 e. The summed E-state index contributed by atoms with van der Waals surface area (Å²) in [4.78, 5) is 40.6. The summed E-state index contributed by atoms with van der Waals surface area (Å²) in [6.07, 6.45) is 0. The third-order valence-electron chi connectivity index (χ3n) is 4.00. The molecule has 1 atom stereocenters. The summed E-state index contributed by atoms with van der Waals surface area (Å²) < 4.78 is 0. The number of para-hydroxylation sites is 1. The molecular formula is C18H19N3O3S. The molecule has 2 aromatic rings. The molecule has 7 heteroatoms. The second-order valence-electron chi connectivity index (χ2n) is 6.04. The van der Waals surface area contributed by atoms with Crippen molar-refractivity contribution in [1.29, 1.82) is 0 Å². The quantitative estimate of drug-likeness (QED) is 0.824. The van der Waals surface area contributed by atoms with E-state index in [4.69, 9.17) is 0 Å². The van der Waals surface area contributed by atoms with Gasteiger partial charge in [-0.3, -0.25) is 14.4 Å². The highest BCUT2D eigenvalue weighted by atomic mass is 32.1. The molecule has 0 spiro atoms. The highest BCUT2D eigenvalue weighted by molar-refractivity contribution is 7.09. The first kappa shape index (κ1) is 17.2. The van der Waals surface area contributed by atoms with Gasteiger partial charge in [0.05, 0.1) is 17.8 Å². The standard InChI is InChI=1S/C18H19N3O3S/c1-11(2)21-15(16(22)19-10-12-6-5-9-25-12)17(23)20-14-8-4-3-7-13(14)18(21)24/h3-9,11,15H,10H2,1-2H3,(H,19,22)(H,20,23). The Kier molecular flexibility index (Phi) is 4.85. The van der Waals surface area contributed by atoms with Crippen LogP contribution in [-0.4, -0.2) is 34.7 Å². The van der Waals surface area contributed by atoms with Crippen molar-refractivity contribution < 1.29 is 14.4 Å². The Morgan fingerprint density at radius 3 is 2.68 bits per heavy atom. The second kappa shape index (κ2) is 7.06. The maximum Gasteiger partial charge on any atom is 0.257 e.